The van der Waals surface area contributed by atoms with E-state index in [0.29, 0.717) is 22.9 Å². The lowest BCUT2D eigenvalue weighted by Crippen LogP contribution is -2.50. The van der Waals surface area contributed by atoms with Crippen molar-refractivity contribution in [3.63, 3.8) is 0 Å². The second kappa shape index (κ2) is 9.14. The van der Waals surface area contributed by atoms with E-state index in [2.05, 4.69) is 10.6 Å². The largest absolute Gasteiger partial charge is 0.480 e. The van der Waals surface area contributed by atoms with Gasteiger partial charge in [-0.3, -0.25) is 9.59 Å². The number of thioether (sulfide) groups is 1. The first-order valence-corrected chi connectivity index (χ1v) is 10.1. The van der Waals surface area contributed by atoms with Crippen LogP contribution in [0.1, 0.15) is 23.8 Å². The molecule has 2 atom stereocenters. The predicted octanol–water partition coefficient (Wildman–Crippen LogP) is 2.27. The van der Waals surface area contributed by atoms with Crippen molar-refractivity contribution in [2.24, 2.45) is 7.05 Å². The zero-order valence-electron chi connectivity index (χ0n) is 15.3. The number of nitrogens with zero attached hydrogens (tertiary/aromatic N) is 1. The Kier molecular flexibility index (Phi) is 7.15. The fourth-order valence-electron chi connectivity index (χ4n) is 2.66. The number of amides is 2. The second-order valence-corrected chi connectivity index (χ2v) is 7.59. The molecular formula is C18H22ClN3O4S. The Hall–Kier alpha value is -2.19. The summed E-state index contributed by atoms with van der Waals surface area (Å²) in [5, 5.41) is 15.7. The van der Waals surface area contributed by atoms with Crippen molar-refractivity contribution in [2.45, 2.75) is 25.4 Å². The van der Waals surface area contributed by atoms with Gasteiger partial charge in [-0.1, -0.05) is 11.6 Å². The number of halogens is 1. The highest BCUT2D eigenvalue weighted by Gasteiger charge is 2.24. The molecule has 0 saturated heterocycles. The molecule has 1 aromatic carbocycles. The van der Waals surface area contributed by atoms with E-state index in [9.17, 15) is 19.5 Å². The Morgan fingerprint density at radius 3 is 2.59 bits per heavy atom. The maximum Gasteiger partial charge on any atom is 0.326 e. The molecule has 0 fully saturated rings. The molecule has 2 rings (SSSR count). The number of hydrogen-bond acceptors (Lipinski definition) is 4. The van der Waals surface area contributed by atoms with Gasteiger partial charge in [-0.2, -0.15) is 11.8 Å². The minimum Gasteiger partial charge on any atom is -0.480 e. The summed E-state index contributed by atoms with van der Waals surface area (Å²) in [6.45, 7) is 1.51. The number of aliphatic carboxylic acids is 1. The molecule has 3 N–H and O–H groups in total. The van der Waals surface area contributed by atoms with Crippen LogP contribution in [0.15, 0.2) is 24.3 Å². The van der Waals surface area contributed by atoms with Crippen LogP contribution in [0, 0.1) is 0 Å². The third-order valence-electron chi connectivity index (χ3n) is 4.20. The Bertz CT molecular complexity index is 868. The number of carboxylic acid groups (broad SMARTS) is 1. The van der Waals surface area contributed by atoms with Gasteiger partial charge in [0.1, 0.15) is 17.8 Å². The normalized spacial score (nSPS) is 13.2. The van der Waals surface area contributed by atoms with Crippen LogP contribution in [0.2, 0.25) is 5.02 Å². The van der Waals surface area contributed by atoms with Gasteiger partial charge in [0, 0.05) is 23.0 Å². The van der Waals surface area contributed by atoms with E-state index in [1.54, 1.807) is 29.8 Å². The lowest BCUT2D eigenvalue weighted by atomic mass is 10.2. The van der Waals surface area contributed by atoms with Crippen molar-refractivity contribution in [3.05, 3.63) is 35.0 Å². The van der Waals surface area contributed by atoms with Gasteiger partial charge in [0.25, 0.3) is 5.91 Å². The lowest BCUT2D eigenvalue weighted by molar-refractivity contribution is -0.142. The molecule has 0 bridgehead atoms. The number of aryl methyl sites for hydroxylation is 1. The van der Waals surface area contributed by atoms with Crippen molar-refractivity contribution >= 4 is 52.0 Å². The van der Waals surface area contributed by atoms with Crippen LogP contribution in [0.4, 0.5) is 0 Å². The highest BCUT2D eigenvalue weighted by molar-refractivity contribution is 7.98. The highest BCUT2D eigenvalue weighted by atomic mass is 35.5. The molecule has 9 heteroatoms. The van der Waals surface area contributed by atoms with Gasteiger partial charge in [-0.15, -0.1) is 0 Å². The van der Waals surface area contributed by atoms with Crippen molar-refractivity contribution in [2.75, 3.05) is 12.0 Å². The van der Waals surface area contributed by atoms with E-state index in [4.69, 9.17) is 11.6 Å². The monoisotopic (exact) mass is 411 g/mol. The first-order valence-electron chi connectivity index (χ1n) is 8.32. The zero-order chi connectivity index (χ0) is 20.1. The van der Waals surface area contributed by atoms with Gasteiger partial charge >= 0.3 is 5.97 Å². The van der Waals surface area contributed by atoms with Gasteiger partial charge in [0.15, 0.2) is 0 Å². The number of carbonyl (C=O) groups is 3. The number of benzene rings is 1. The number of nitrogens with one attached hydrogen (secondary N) is 2. The quantitative estimate of drug-likeness (QED) is 0.618. The van der Waals surface area contributed by atoms with Gasteiger partial charge in [-0.25, -0.2) is 4.79 Å². The van der Waals surface area contributed by atoms with Crippen LogP contribution >= 0.6 is 23.4 Å². The van der Waals surface area contributed by atoms with Gasteiger partial charge in [-0.05, 0) is 49.6 Å². The van der Waals surface area contributed by atoms with Crippen LogP contribution in [0.3, 0.4) is 0 Å². The van der Waals surface area contributed by atoms with E-state index < -0.39 is 29.9 Å². The Morgan fingerprint density at radius 1 is 1.26 bits per heavy atom. The molecule has 7 nitrogen and oxygen atoms in total. The second-order valence-electron chi connectivity index (χ2n) is 6.17. The Balaban J connectivity index is 2.07. The molecule has 27 heavy (non-hydrogen) atoms. The van der Waals surface area contributed by atoms with Crippen LogP contribution in [-0.4, -0.2) is 51.5 Å². The molecule has 0 spiro atoms. The number of rotatable bonds is 8. The molecule has 1 aromatic heterocycles. The molecule has 0 aliphatic rings. The van der Waals surface area contributed by atoms with Gasteiger partial charge in [0.05, 0.1) is 0 Å². The molecule has 2 amide bonds. The molecule has 0 aliphatic heterocycles. The number of carboxylic acids is 1. The first kappa shape index (κ1) is 21.1. The summed E-state index contributed by atoms with van der Waals surface area (Å²) >= 11 is 7.48. The SMILES string of the molecule is CSCCC(NC(=O)C(C)NC(=O)c1cc2cc(Cl)ccc2n1C)C(=O)O. The lowest BCUT2D eigenvalue weighted by Gasteiger charge is -2.18. The van der Waals surface area contributed by atoms with Crippen molar-refractivity contribution in [3.8, 4) is 0 Å². The molecule has 0 aliphatic carbocycles. The molecule has 1 heterocycles. The topological polar surface area (TPSA) is 100 Å². The van der Waals surface area contributed by atoms with Crippen LogP contribution in [-0.2, 0) is 16.6 Å². The highest BCUT2D eigenvalue weighted by Crippen LogP contribution is 2.22. The molecule has 2 aromatic rings. The number of carbonyl (C=O) groups excluding carboxylic acids is 2. The van der Waals surface area contributed by atoms with Gasteiger partial charge < -0.3 is 20.3 Å². The summed E-state index contributed by atoms with van der Waals surface area (Å²) in [4.78, 5) is 36.1. The van der Waals surface area contributed by atoms with Crippen molar-refractivity contribution in [1.29, 1.82) is 0 Å². The summed E-state index contributed by atoms with van der Waals surface area (Å²) in [6.07, 6.45) is 2.17. The number of hydrogen-bond donors (Lipinski definition) is 3. The maximum atomic E-state index is 12.6. The van der Waals surface area contributed by atoms with Crippen LogP contribution in [0.5, 0.6) is 0 Å². The zero-order valence-corrected chi connectivity index (χ0v) is 16.9. The Morgan fingerprint density at radius 2 is 1.96 bits per heavy atom. The first-order chi connectivity index (χ1) is 12.7. The summed E-state index contributed by atoms with van der Waals surface area (Å²) < 4.78 is 1.71. The molecule has 2 unspecified atom stereocenters. The fraction of sp³-hybridized carbons (Fsp3) is 0.389. The summed E-state index contributed by atoms with van der Waals surface area (Å²) in [6, 6.07) is 5.14. The summed E-state index contributed by atoms with van der Waals surface area (Å²) in [5.41, 5.74) is 1.22. The van der Waals surface area contributed by atoms with E-state index in [1.807, 2.05) is 12.3 Å². The standard InChI is InChI=1S/C18H22ClN3O4S/c1-10(16(23)21-13(18(25)26)6-7-27-3)20-17(24)15-9-11-8-12(19)4-5-14(11)22(15)2/h4-5,8-10,13H,6-7H2,1-3H3,(H,20,24)(H,21,23)(H,25,26). The minimum absolute atomic E-state index is 0.312. The van der Waals surface area contributed by atoms with Gasteiger partial charge in [0.2, 0.25) is 5.91 Å². The molecular weight excluding hydrogens is 390 g/mol. The van der Waals surface area contributed by atoms with E-state index >= 15 is 0 Å². The average Bonchev–Trinajstić information content (AvgIpc) is 2.94. The maximum absolute atomic E-state index is 12.6. The van der Waals surface area contributed by atoms with E-state index in [0.717, 1.165) is 10.9 Å². The fourth-order valence-corrected chi connectivity index (χ4v) is 3.32. The molecule has 0 radical (unpaired) electrons. The number of fused-ring (bicyclic) bond motifs is 1. The van der Waals surface area contributed by atoms with Crippen LogP contribution < -0.4 is 10.6 Å². The average molecular weight is 412 g/mol. The van der Waals surface area contributed by atoms with E-state index in [-0.39, 0.29) is 0 Å². The van der Waals surface area contributed by atoms with Crippen molar-refractivity contribution < 1.29 is 19.5 Å². The third kappa shape index (κ3) is 5.17. The third-order valence-corrected chi connectivity index (χ3v) is 5.08. The number of aromatic nitrogens is 1. The Labute approximate surface area is 166 Å². The molecule has 146 valence electrons. The predicted molar refractivity (Wildman–Crippen MR) is 107 cm³/mol. The van der Waals surface area contributed by atoms with Crippen LogP contribution in [0.25, 0.3) is 10.9 Å². The molecule has 0 saturated carbocycles. The van der Waals surface area contributed by atoms with Crippen molar-refractivity contribution in [1.82, 2.24) is 15.2 Å². The van der Waals surface area contributed by atoms with E-state index in [1.165, 1.54) is 18.7 Å². The minimum atomic E-state index is -1.10. The summed E-state index contributed by atoms with van der Waals surface area (Å²) in [5.74, 6) is -1.46. The smallest absolute Gasteiger partial charge is 0.326 e. The summed E-state index contributed by atoms with van der Waals surface area (Å²) in [7, 11) is 1.75.